The lowest BCUT2D eigenvalue weighted by molar-refractivity contribution is 0.247. The molecule has 0 aliphatic rings. The second-order valence-corrected chi connectivity index (χ2v) is 8.26. The summed E-state index contributed by atoms with van der Waals surface area (Å²) in [5.74, 6) is 0. The molecular weight excluding hydrogens is 310 g/mol. The van der Waals surface area contributed by atoms with E-state index in [1.165, 1.54) is 11.2 Å². The molecular formula is C16H23N5OS. The molecule has 1 heterocycles. The minimum Gasteiger partial charge on any atom is -0.334 e. The Bertz CT molecular complexity index is 619. The molecule has 1 aromatic heterocycles. The summed E-state index contributed by atoms with van der Waals surface area (Å²) < 4.78 is 1.85. The zero-order valence-electron chi connectivity index (χ0n) is 13.9. The van der Waals surface area contributed by atoms with E-state index in [0.29, 0.717) is 6.54 Å². The van der Waals surface area contributed by atoms with Crippen LogP contribution in [-0.4, -0.2) is 31.6 Å². The van der Waals surface area contributed by atoms with Gasteiger partial charge in [0.25, 0.3) is 0 Å². The molecule has 7 heteroatoms. The van der Waals surface area contributed by atoms with Crippen molar-refractivity contribution >= 4 is 23.5 Å². The number of rotatable bonds is 5. The van der Waals surface area contributed by atoms with Crippen molar-refractivity contribution in [1.29, 1.82) is 0 Å². The summed E-state index contributed by atoms with van der Waals surface area (Å²) in [6.45, 7) is 9.02. The molecule has 0 spiro atoms. The Balaban J connectivity index is 1.82. The molecule has 0 radical (unpaired) electrons. The molecule has 0 bridgehead atoms. The Morgan fingerprint density at radius 2 is 2.00 bits per heavy atom. The predicted molar refractivity (Wildman–Crippen MR) is 93.7 cm³/mol. The van der Waals surface area contributed by atoms with Crippen molar-refractivity contribution in [3.05, 3.63) is 36.9 Å². The molecule has 1 unspecified atom stereocenters. The number of anilines is 1. The van der Waals surface area contributed by atoms with Gasteiger partial charge in [-0.15, -0.1) is 11.8 Å². The first-order chi connectivity index (χ1) is 10.8. The molecule has 1 atom stereocenters. The summed E-state index contributed by atoms with van der Waals surface area (Å²) in [4.78, 5) is 17.1. The third-order valence-electron chi connectivity index (χ3n) is 2.84. The van der Waals surface area contributed by atoms with Crippen LogP contribution in [0.5, 0.6) is 0 Å². The fourth-order valence-corrected chi connectivity index (χ4v) is 2.98. The maximum absolute atomic E-state index is 12.0. The third-order valence-corrected chi connectivity index (χ3v) is 3.96. The van der Waals surface area contributed by atoms with Gasteiger partial charge in [-0.3, -0.25) is 4.68 Å². The van der Waals surface area contributed by atoms with E-state index < -0.39 is 0 Å². The highest BCUT2D eigenvalue weighted by molar-refractivity contribution is 8.00. The van der Waals surface area contributed by atoms with Gasteiger partial charge >= 0.3 is 6.03 Å². The minimum absolute atomic E-state index is 0.0487. The highest BCUT2D eigenvalue weighted by atomic mass is 32.2. The molecule has 0 aliphatic carbocycles. The van der Waals surface area contributed by atoms with E-state index in [2.05, 4.69) is 41.5 Å². The number of hydrogen-bond donors (Lipinski definition) is 2. The zero-order valence-corrected chi connectivity index (χ0v) is 14.7. The van der Waals surface area contributed by atoms with Gasteiger partial charge in [0.1, 0.15) is 12.7 Å². The van der Waals surface area contributed by atoms with Crippen LogP contribution in [0.4, 0.5) is 10.5 Å². The van der Waals surface area contributed by atoms with E-state index in [-0.39, 0.29) is 16.8 Å². The standard InChI is InChI=1S/C16H23N5OS/c1-12(9-21-11-17-10-18-21)19-15(22)20-13-5-7-14(8-6-13)23-16(2,3)4/h5-8,10-12H,9H2,1-4H3,(H2,19,20,22). The summed E-state index contributed by atoms with van der Waals surface area (Å²) in [6.07, 6.45) is 3.10. The topological polar surface area (TPSA) is 71.8 Å². The van der Waals surface area contributed by atoms with Crippen LogP contribution in [0, 0.1) is 0 Å². The van der Waals surface area contributed by atoms with Gasteiger partial charge in [-0.25, -0.2) is 9.78 Å². The minimum atomic E-state index is -0.228. The Kier molecular flexibility index (Phi) is 5.65. The lowest BCUT2D eigenvalue weighted by Crippen LogP contribution is -2.38. The molecule has 0 aliphatic heterocycles. The first-order valence-electron chi connectivity index (χ1n) is 7.51. The van der Waals surface area contributed by atoms with Crippen molar-refractivity contribution < 1.29 is 4.79 Å². The van der Waals surface area contributed by atoms with E-state index in [1.807, 2.05) is 31.2 Å². The molecule has 6 nitrogen and oxygen atoms in total. The first kappa shape index (κ1) is 17.3. The molecule has 2 rings (SSSR count). The van der Waals surface area contributed by atoms with Crippen LogP contribution in [0.1, 0.15) is 27.7 Å². The molecule has 0 fully saturated rings. The fourth-order valence-electron chi connectivity index (χ4n) is 2.00. The van der Waals surface area contributed by atoms with Gasteiger partial charge < -0.3 is 10.6 Å². The molecule has 2 amide bonds. The maximum atomic E-state index is 12.0. The highest BCUT2D eigenvalue weighted by Gasteiger charge is 2.12. The first-order valence-corrected chi connectivity index (χ1v) is 8.32. The van der Waals surface area contributed by atoms with Crippen LogP contribution in [0.15, 0.2) is 41.8 Å². The van der Waals surface area contributed by atoms with E-state index in [1.54, 1.807) is 22.8 Å². The predicted octanol–water partition coefficient (Wildman–Crippen LogP) is 3.38. The number of carbonyl (C=O) groups is 1. The van der Waals surface area contributed by atoms with Gasteiger partial charge in [0.15, 0.2) is 0 Å². The number of hydrogen-bond acceptors (Lipinski definition) is 4. The van der Waals surface area contributed by atoms with Crippen LogP contribution in [0.3, 0.4) is 0 Å². The third kappa shape index (κ3) is 6.32. The summed E-state index contributed by atoms with van der Waals surface area (Å²) in [5, 5.41) is 9.73. The van der Waals surface area contributed by atoms with Gasteiger partial charge in [0.05, 0.1) is 6.54 Å². The SMILES string of the molecule is CC(Cn1cncn1)NC(=O)Nc1ccc(SC(C)(C)C)cc1. The summed E-state index contributed by atoms with van der Waals surface area (Å²) in [6, 6.07) is 7.58. The lowest BCUT2D eigenvalue weighted by atomic mass is 10.3. The second kappa shape index (κ2) is 7.50. The summed E-state index contributed by atoms with van der Waals surface area (Å²) >= 11 is 1.80. The van der Waals surface area contributed by atoms with Crippen molar-refractivity contribution in [3.8, 4) is 0 Å². The average molecular weight is 333 g/mol. The van der Waals surface area contributed by atoms with Crippen molar-refractivity contribution in [2.75, 3.05) is 5.32 Å². The van der Waals surface area contributed by atoms with Crippen LogP contribution in [-0.2, 0) is 6.54 Å². The highest BCUT2D eigenvalue weighted by Crippen LogP contribution is 2.32. The molecule has 23 heavy (non-hydrogen) atoms. The smallest absolute Gasteiger partial charge is 0.319 e. The number of benzene rings is 1. The molecule has 0 saturated heterocycles. The maximum Gasteiger partial charge on any atom is 0.319 e. The molecule has 2 aromatic rings. The Labute approximate surface area is 141 Å². The monoisotopic (exact) mass is 333 g/mol. The Morgan fingerprint density at radius 1 is 1.30 bits per heavy atom. The largest absolute Gasteiger partial charge is 0.334 e. The van der Waals surface area contributed by atoms with Crippen LogP contribution in [0.2, 0.25) is 0 Å². The van der Waals surface area contributed by atoms with Crippen molar-refractivity contribution in [2.24, 2.45) is 0 Å². The number of carbonyl (C=O) groups excluding carboxylic acids is 1. The zero-order chi connectivity index (χ0) is 16.9. The number of aromatic nitrogens is 3. The Hall–Kier alpha value is -2.02. The van der Waals surface area contributed by atoms with E-state index >= 15 is 0 Å². The number of thioether (sulfide) groups is 1. The number of nitrogens with zero attached hydrogens (tertiary/aromatic N) is 3. The second-order valence-electron chi connectivity index (χ2n) is 6.36. The Morgan fingerprint density at radius 3 is 2.57 bits per heavy atom. The van der Waals surface area contributed by atoms with Crippen LogP contribution < -0.4 is 10.6 Å². The van der Waals surface area contributed by atoms with Crippen LogP contribution >= 0.6 is 11.8 Å². The summed E-state index contributed by atoms with van der Waals surface area (Å²) in [5.41, 5.74) is 0.772. The van der Waals surface area contributed by atoms with Crippen molar-refractivity contribution in [1.82, 2.24) is 20.1 Å². The van der Waals surface area contributed by atoms with Gasteiger partial charge in [-0.2, -0.15) is 5.10 Å². The van der Waals surface area contributed by atoms with E-state index in [4.69, 9.17) is 0 Å². The molecule has 1 aromatic carbocycles. The van der Waals surface area contributed by atoms with E-state index in [0.717, 1.165) is 5.69 Å². The van der Waals surface area contributed by atoms with Gasteiger partial charge in [0, 0.05) is 21.4 Å². The normalized spacial score (nSPS) is 12.7. The van der Waals surface area contributed by atoms with Gasteiger partial charge in [-0.05, 0) is 31.2 Å². The van der Waals surface area contributed by atoms with E-state index in [9.17, 15) is 4.79 Å². The van der Waals surface area contributed by atoms with Crippen LogP contribution in [0.25, 0.3) is 0 Å². The fraction of sp³-hybridized carbons (Fsp3) is 0.438. The van der Waals surface area contributed by atoms with Gasteiger partial charge in [0.2, 0.25) is 0 Å². The molecule has 124 valence electrons. The van der Waals surface area contributed by atoms with Crippen molar-refractivity contribution in [3.63, 3.8) is 0 Å². The number of amides is 2. The number of nitrogens with one attached hydrogen (secondary N) is 2. The molecule has 0 saturated carbocycles. The quantitative estimate of drug-likeness (QED) is 0.823. The lowest BCUT2D eigenvalue weighted by Gasteiger charge is -2.18. The molecule has 2 N–H and O–H groups in total. The van der Waals surface area contributed by atoms with Crippen molar-refractivity contribution in [2.45, 2.75) is 49.9 Å². The summed E-state index contributed by atoms with van der Waals surface area (Å²) in [7, 11) is 0. The average Bonchev–Trinajstić information content (AvgIpc) is 2.91. The number of urea groups is 1. The van der Waals surface area contributed by atoms with Gasteiger partial charge in [-0.1, -0.05) is 20.8 Å².